The lowest BCUT2D eigenvalue weighted by molar-refractivity contribution is -0.139. The van der Waals surface area contributed by atoms with Crippen molar-refractivity contribution in [1.29, 1.82) is 0 Å². The van der Waals surface area contributed by atoms with Crippen molar-refractivity contribution in [2.45, 2.75) is 51.6 Å². The molecule has 0 bridgehead atoms. The Morgan fingerprint density at radius 3 is 2.71 bits per heavy atom. The summed E-state index contributed by atoms with van der Waals surface area (Å²) in [5.41, 5.74) is 0. The van der Waals surface area contributed by atoms with Gasteiger partial charge in [-0.2, -0.15) is 0 Å². The second-order valence-corrected chi connectivity index (χ2v) is 3.51. The number of hydrogen-bond donors (Lipinski definition) is 2. The number of carboxylic acids is 1. The van der Waals surface area contributed by atoms with E-state index in [0.717, 1.165) is 12.8 Å². The van der Waals surface area contributed by atoms with Gasteiger partial charge in [-0.05, 0) is 13.3 Å². The van der Waals surface area contributed by atoms with Gasteiger partial charge in [0.05, 0.1) is 0 Å². The Morgan fingerprint density at radius 1 is 1.64 bits per heavy atom. The van der Waals surface area contributed by atoms with Crippen molar-refractivity contribution in [3.63, 3.8) is 0 Å². The Morgan fingerprint density at radius 2 is 2.29 bits per heavy atom. The topological polar surface area (TPSA) is 49.3 Å². The van der Waals surface area contributed by atoms with Crippen LogP contribution in [-0.4, -0.2) is 23.2 Å². The highest BCUT2D eigenvalue weighted by Crippen LogP contribution is 2.03. The maximum Gasteiger partial charge on any atom is 0.320 e. The first-order valence-electron chi connectivity index (χ1n) is 5.04. The third-order valence-corrected chi connectivity index (χ3v) is 2.05. The molecule has 0 heterocycles. The monoisotopic (exact) mass is 197 g/mol. The summed E-state index contributed by atoms with van der Waals surface area (Å²) in [6, 6.07) is -0.392. The Balaban J connectivity index is 3.96. The molecule has 2 unspecified atom stereocenters. The first-order chi connectivity index (χ1) is 6.61. The SMILES string of the molecule is C#CCC(C)NC(CCCC)C(=O)O. The van der Waals surface area contributed by atoms with Gasteiger partial charge in [-0.1, -0.05) is 19.8 Å². The smallest absolute Gasteiger partial charge is 0.320 e. The Kier molecular flexibility index (Phi) is 6.87. The standard InChI is InChI=1S/C11H19NO2/c1-4-6-8-10(11(13)14)12-9(3)7-5-2/h2,9-10,12H,4,6-8H2,1,3H3,(H,13,14). The number of hydrogen-bond acceptors (Lipinski definition) is 2. The van der Waals surface area contributed by atoms with Crippen LogP contribution in [0.4, 0.5) is 0 Å². The minimum atomic E-state index is -0.790. The van der Waals surface area contributed by atoms with E-state index < -0.39 is 12.0 Å². The fourth-order valence-electron chi connectivity index (χ4n) is 1.27. The maximum absolute atomic E-state index is 10.8. The Bertz CT molecular complexity index is 208. The summed E-state index contributed by atoms with van der Waals surface area (Å²) in [6.07, 6.45) is 8.31. The van der Waals surface area contributed by atoms with E-state index >= 15 is 0 Å². The molecule has 3 nitrogen and oxygen atoms in total. The predicted octanol–water partition coefficient (Wildman–Crippen LogP) is 1.63. The molecule has 14 heavy (non-hydrogen) atoms. The molecule has 0 aliphatic rings. The molecule has 80 valence electrons. The number of carboxylic acid groups (broad SMARTS) is 1. The van der Waals surface area contributed by atoms with Gasteiger partial charge in [0.1, 0.15) is 6.04 Å². The van der Waals surface area contributed by atoms with E-state index in [4.69, 9.17) is 11.5 Å². The first-order valence-corrected chi connectivity index (χ1v) is 5.04. The third kappa shape index (κ3) is 5.60. The molecule has 0 aromatic heterocycles. The van der Waals surface area contributed by atoms with E-state index in [1.54, 1.807) is 0 Å². The second kappa shape index (κ2) is 7.40. The lowest BCUT2D eigenvalue weighted by Gasteiger charge is -2.18. The summed E-state index contributed by atoms with van der Waals surface area (Å²) in [5, 5.41) is 11.9. The summed E-state index contributed by atoms with van der Waals surface area (Å²) in [5.74, 6) is 1.72. The van der Waals surface area contributed by atoms with Gasteiger partial charge < -0.3 is 10.4 Å². The molecule has 0 spiro atoms. The average molecular weight is 197 g/mol. The minimum absolute atomic E-state index is 0.0676. The normalized spacial score (nSPS) is 14.4. The quantitative estimate of drug-likeness (QED) is 0.610. The van der Waals surface area contributed by atoms with Crippen LogP contribution < -0.4 is 5.32 Å². The summed E-state index contributed by atoms with van der Waals surface area (Å²) < 4.78 is 0. The largest absolute Gasteiger partial charge is 0.480 e. The lowest BCUT2D eigenvalue weighted by Crippen LogP contribution is -2.41. The fourth-order valence-corrected chi connectivity index (χ4v) is 1.27. The van der Waals surface area contributed by atoms with Crippen molar-refractivity contribution in [1.82, 2.24) is 5.32 Å². The van der Waals surface area contributed by atoms with Crippen LogP contribution in [0.2, 0.25) is 0 Å². The van der Waals surface area contributed by atoms with Gasteiger partial charge in [0.15, 0.2) is 0 Å². The van der Waals surface area contributed by atoms with Gasteiger partial charge in [0.25, 0.3) is 0 Å². The average Bonchev–Trinajstić information content (AvgIpc) is 2.12. The van der Waals surface area contributed by atoms with Crippen LogP contribution in [0.15, 0.2) is 0 Å². The van der Waals surface area contributed by atoms with Gasteiger partial charge in [-0.25, -0.2) is 0 Å². The molecule has 3 heteroatoms. The van der Waals surface area contributed by atoms with E-state index in [1.807, 2.05) is 13.8 Å². The summed E-state index contributed by atoms with van der Waals surface area (Å²) in [7, 11) is 0. The Labute approximate surface area is 85.9 Å². The van der Waals surface area contributed by atoms with Crippen LogP contribution in [0.1, 0.15) is 39.5 Å². The van der Waals surface area contributed by atoms with Crippen LogP contribution in [0.3, 0.4) is 0 Å². The van der Waals surface area contributed by atoms with Crippen molar-refractivity contribution >= 4 is 5.97 Å². The van der Waals surface area contributed by atoms with Crippen molar-refractivity contribution in [3.05, 3.63) is 0 Å². The molecule has 0 amide bonds. The van der Waals surface area contributed by atoms with Crippen LogP contribution in [0.25, 0.3) is 0 Å². The van der Waals surface area contributed by atoms with Crippen LogP contribution in [-0.2, 0) is 4.79 Å². The van der Waals surface area contributed by atoms with Crippen molar-refractivity contribution < 1.29 is 9.90 Å². The molecule has 0 fully saturated rings. The van der Waals surface area contributed by atoms with Gasteiger partial charge >= 0.3 is 5.97 Å². The van der Waals surface area contributed by atoms with Gasteiger partial charge in [-0.3, -0.25) is 4.79 Å². The minimum Gasteiger partial charge on any atom is -0.480 e. The molecule has 0 aliphatic carbocycles. The summed E-state index contributed by atoms with van der Waals surface area (Å²) in [4.78, 5) is 10.8. The third-order valence-electron chi connectivity index (χ3n) is 2.05. The highest BCUT2D eigenvalue weighted by molar-refractivity contribution is 5.73. The molecule has 2 atom stereocenters. The zero-order valence-corrected chi connectivity index (χ0v) is 8.92. The fraction of sp³-hybridized carbons (Fsp3) is 0.727. The molecular formula is C11H19NO2. The predicted molar refractivity (Wildman–Crippen MR) is 57.0 cm³/mol. The van der Waals surface area contributed by atoms with Crippen LogP contribution in [0.5, 0.6) is 0 Å². The summed E-state index contributed by atoms with van der Waals surface area (Å²) >= 11 is 0. The van der Waals surface area contributed by atoms with E-state index in [-0.39, 0.29) is 6.04 Å². The van der Waals surface area contributed by atoms with E-state index in [0.29, 0.717) is 12.8 Å². The molecule has 0 saturated carbocycles. The molecule has 2 N–H and O–H groups in total. The molecule has 0 aromatic carbocycles. The van der Waals surface area contributed by atoms with E-state index in [9.17, 15) is 4.79 Å². The zero-order valence-electron chi connectivity index (χ0n) is 8.92. The first kappa shape index (κ1) is 13.0. The zero-order chi connectivity index (χ0) is 11.0. The highest BCUT2D eigenvalue weighted by atomic mass is 16.4. The Hall–Kier alpha value is -1.01. The maximum atomic E-state index is 10.8. The number of unbranched alkanes of at least 4 members (excludes halogenated alkanes) is 1. The van der Waals surface area contributed by atoms with Gasteiger partial charge in [0, 0.05) is 12.5 Å². The molecule has 0 radical (unpaired) electrons. The van der Waals surface area contributed by atoms with Crippen molar-refractivity contribution in [2.75, 3.05) is 0 Å². The number of rotatable bonds is 7. The molecule has 0 aliphatic heterocycles. The number of terminal acetylenes is 1. The van der Waals surface area contributed by atoms with Crippen molar-refractivity contribution in [2.24, 2.45) is 0 Å². The lowest BCUT2D eigenvalue weighted by atomic mass is 10.1. The molecule has 0 saturated heterocycles. The molecular weight excluding hydrogens is 178 g/mol. The summed E-state index contributed by atoms with van der Waals surface area (Å²) in [6.45, 7) is 3.95. The van der Waals surface area contributed by atoms with E-state index in [2.05, 4.69) is 11.2 Å². The van der Waals surface area contributed by atoms with E-state index in [1.165, 1.54) is 0 Å². The van der Waals surface area contributed by atoms with Gasteiger partial charge in [-0.15, -0.1) is 12.3 Å². The van der Waals surface area contributed by atoms with Crippen molar-refractivity contribution in [3.8, 4) is 12.3 Å². The molecule has 0 rings (SSSR count). The number of nitrogens with one attached hydrogen (secondary N) is 1. The van der Waals surface area contributed by atoms with Gasteiger partial charge in [0.2, 0.25) is 0 Å². The second-order valence-electron chi connectivity index (χ2n) is 3.51. The number of aliphatic carboxylic acids is 1. The number of carbonyl (C=O) groups is 1. The highest BCUT2D eigenvalue weighted by Gasteiger charge is 2.17. The van der Waals surface area contributed by atoms with Crippen LogP contribution in [0, 0.1) is 12.3 Å². The molecule has 0 aromatic rings. The van der Waals surface area contributed by atoms with Crippen LogP contribution >= 0.6 is 0 Å².